The van der Waals surface area contributed by atoms with E-state index >= 15 is 0 Å². The Morgan fingerprint density at radius 3 is 2.48 bits per heavy atom. The number of carboxylic acids is 1. The van der Waals surface area contributed by atoms with Crippen LogP contribution in [0, 0.1) is 13.8 Å². The Bertz CT molecular complexity index is 1470. The Labute approximate surface area is 260 Å². The van der Waals surface area contributed by atoms with E-state index in [4.69, 9.17) is 4.74 Å². The summed E-state index contributed by atoms with van der Waals surface area (Å²) in [6.07, 6.45) is 9.57. The van der Waals surface area contributed by atoms with Gasteiger partial charge in [-0.05, 0) is 94.9 Å². The predicted octanol–water partition coefficient (Wildman–Crippen LogP) is 6.13. The molecule has 3 atom stereocenters. The van der Waals surface area contributed by atoms with Crippen LogP contribution in [0.2, 0.25) is 0 Å². The maximum Gasteiger partial charge on any atom is 0.335 e. The quantitative estimate of drug-likeness (QED) is 0.334. The molecule has 44 heavy (non-hydrogen) atoms. The molecule has 3 saturated heterocycles. The van der Waals surface area contributed by atoms with Gasteiger partial charge in [-0.1, -0.05) is 48.0 Å². The van der Waals surface area contributed by atoms with Crippen LogP contribution in [0.15, 0.2) is 54.9 Å². The first kappa shape index (κ1) is 30.4. The van der Waals surface area contributed by atoms with E-state index in [0.717, 1.165) is 81.3 Å². The van der Waals surface area contributed by atoms with Crippen LogP contribution in [0.5, 0.6) is 0 Å². The summed E-state index contributed by atoms with van der Waals surface area (Å²) in [5.41, 5.74) is 6.19. The number of aromatic carboxylic acids is 1. The fourth-order valence-corrected chi connectivity index (χ4v) is 7.39. The van der Waals surface area contributed by atoms with E-state index < -0.39 is 5.97 Å². The number of carbonyl (C=O) groups excluding carboxylic acids is 1. The molecule has 3 aromatic rings. The second kappa shape index (κ2) is 13.6. The fraction of sp³-hybridized carbons (Fsp3) is 0.500. The number of nitrogens with zero attached hydrogens (tertiary/aromatic N) is 4. The van der Waals surface area contributed by atoms with Gasteiger partial charge in [0.1, 0.15) is 12.0 Å². The SMILES string of the molecule is Cc1ccc(C2CCC[C@H](CCc3ncnc(C(=O)N4CCC(N5CCC(c6ccccc6C(=O)O)C5)CC4)c3C)O2)cc1. The zero-order valence-electron chi connectivity index (χ0n) is 26.0. The molecule has 1 amide bonds. The van der Waals surface area contributed by atoms with Crippen LogP contribution in [-0.4, -0.2) is 75.1 Å². The van der Waals surface area contributed by atoms with E-state index in [9.17, 15) is 14.7 Å². The third-order valence-electron chi connectivity index (χ3n) is 10.0. The lowest BCUT2D eigenvalue weighted by Crippen LogP contribution is -2.46. The number of carboxylic acid groups (broad SMARTS) is 1. The van der Waals surface area contributed by atoms with Gasteiger partial charge in [0.15, 0.2) is 0 Å². The van der Waals surface area contributed by atoms with Gasteiger partial charge in [-0.25, -0.2) is 14.8 Å². The summed E-state index contributed by atoms with van der Waals surface area (Å²) in [7, 11) is 0. The Hall–Kier alpha value is -3.62. The normalized spacial score (nSPS) is 23.1. The first-order valence-electron chi connectivity index (χ1n) is 16.3. The standard InChI is InChI=1S/C36H44N4O4/c1-24-10-12-26(13-11-24)33-9-5-6-29(44-33)14-15-32-25(2)34(38-23-37-32)35(41)39-20-17-28(18-21-39)40-19-16-27(22-40)30-7-3-4-8-31(30)36(42)43/h3-4,7-8,10-13,23,27-29,33H,5-6,9,14-22H2,1-2H3,(H,42,43)/t27?,29-,33?/m1/s1. The third-order valence-corrected chi connectivity index (χ3v) is 10.0. The van der Waals surface area contributed by atoms with Crippen molar-refractivity contribution in [2.45, 2.75) is 89.4 Å². The van der Waals surface area contributed by atoms with E-state index in [1.165, 1.54) is 11.1 Å². The molecule has 3 fully saturated rings. The number of ether oxygens (including phenoxy) is 1. The van der Waals surface area contributed by atoms with Crippen LogP contribution in [0.1, 0.15) is 106 Å². The first-order chi connectivity index (χ1) is 21.4. The minimum absolute atomic E-state index is 0.00682. The summed E-state index contributed by atoms with van der Waals surface area (Å²) in [5.74, 6) is -0.632. The van der Waals surface area contributed by atoms with E-state index in [0.29, 0.717) is 30.4 Å². The van der Waals surface area contributed by atoms with Crippen LogP contribution in [-0.2, 0) is 11.2 Å². The lowest BCUT2D eigenvalue weighted by atomic mass is 9.93. The zero-order chi connectivity index (χ0) is 30.6. The van der Waals surface area contributed by atoms with Crippen molar-refractivity contribution in [2.75, 3.05) is 26.2 Å². The van der Waals surface area contributed by atoms with Crippen LogP contribution >= 0.6 is 0 Å². The second-order valence-electron chi connectivity index (χ2n) is 12.8. The molecular weight excluding hydrogens is 552 g/mol. The number of rotatable bonds is 8. The van der Waals surface area contributed by atoms with Gasteiger partial charge in [-0.3, -0.25) is 9.69 Å². The van der Waals surface area contributed by atoms with Gasteiger partial charge in [0.25, 0.3) is 5.91 Å². The van der Waals surface area contributed by atoms with Crippen molar-refractivity contribution >= 4 is 11.9 Å². The van der Waals surface area contributed by atoms with Crippen molar-refractivity contribution in [3.8, 4) is 0 Å². The number of amides is 1. The number of hydrogen-bond acceptors (Lipinski definition) is 6. The molecule has 8 nitrogen and oxygen atoms in total. The summed E-state index contributed by atoms with van der Waals surface area (Å²) < 4.78 is 6.50. The highest BCUT2D eigenvalue weighted by atomic mass is 16.5. The molecule has 0 radical (unpaired) electrons. The molecule has 8 heteroatoms. The van der Waals surface area contributed by atoms with Crippen LogP contribution < -0.4 is 0 Å². The minimum atomic E-state index is -0.858. The van der Waals surface area contributed by atoms with Crippen molar-refractivity contribution in [1.82, 2.24) is 19.8 Å². The molecule has 1 aromatic heterocycles. The second-order valence-corrected chi connectivity index (χ2v) is 12.8. The molecule has 4 heterocycles. The summed E-state index contributed by atoms with van der Waals surface area (Å²) in [5, 5.41) is 9.63. The number of hydrogen-bond donors (Lipinski definition) is 1. The maximum absolute atomic E-state index is 13.6. The van der Waals surface area contributed by atoms with E-state index in [1.807, 2.05) is 24.0 Å². The average Bonchev–Trinajstić information content (AvgIpc) is 3.55. The monoisotopic (exact) mass is 596 g/mol. The van der Waals surface area contributed by atoms with Crippen molar-refractivity contribution in [3.63, 3.8) is 0 Å². The molecule has 0 bridgehead atoms. The lowest BCUT2D eigenvalue weighted by Gasteiger charge is -2.37. The van der Waals surface area contributed by atoms with Gasteiger partial charge in [-0.2, -0.15) is 0 Å². The highest BCUT2D eigenvalue weighted by Crippen LogP contribution is 2.34. The largest absolute Gasteiger partial charge is 0.478 e. The van der Waals surface area contributed by atoms with Gasteiger partial charge in [0.05, 0.1) is 17.8 Å². The highest BCUT2D eigenvalue weighted by molar-refractivity contribution is 5.94. The van der Waals surface area contributed by atoms with Gasteiger partial charge >= 0.3 is 5.97 Å². The fourth-order valence-electron chi connectivity index (χ4n) is 7.39. The average molecular weight is 597 g/mol. The summed E-state index contributed by atoms with van der Waals surface area (Å²) in [6.45, 7) is 7.31. The number of carbonyl (C=O) groups is 2. The maximum atomic E-state index is 13.6. The van der Waals surface area contributed by atoms with Crippen molar-refractivity contribution in [1.29, 1.82) is 0 Å². The van der Waals surface area contributed by atoms with Gasteiger partial charge < -0.3 is 14.7 Å². The minimum Gasteiger partial charge on any atom is -0.478 e. The molecular formula is C36H44N4O4. The predicted molar refractivity (Wildman–Crippen MR) is 169 cm³/mol. The Morgan fingerprint density at radius 2 is 1.70 bits per heavy atom. The van der Waals surface area contributed by atoms with Gasteiger partial charge in [0, 0.05) is 36.9 Å². The van der Waals surface area contributed by atoms with Crippen molar-refractivity contribution < 1.29 is 19.4 Å². The lowest BCUT2D eigenvalue weighted by molar-refractivity contribution is -0.0547. The zero-order valence-corrected chi connectivity index (χ0v) is 26.0. The number of aromatic nitrogens is 2. The molecule has 6 rings (SSSR count). The van der Waals surface area contributed by atoms with Crippen molar-refractivity contribution in [2.24, 2.45) is 0 Å². The summed E-state index contributed by atoms with van der Waals surface area (Å²) in [4.78, 5) is 38.8. The number of aryl methyl sites for hydroxylation is 2. The van der Waals surface area contributed by atoms with Gasteiger partial charge in [-0.15, -0.1) is 0 Å². The van der Waals surface area contributed by atoms with E-state index in [-0.39, 0.29) is 24.0 Å². The van der Waals surface area contributed by atoms with Crippen LogP contribution in [0.3, 0.4) is 0 Å². The van der Waals surface area contributed by atoms with E-state index in [1.54, 1.807) is 18.5 Å². The summed E-state index contributed by atoms with van der Waals surface area (Å²) >= 11 is 0. The number of piperidine rings is 1. The molecule has 0 aliphatic carbocycles. The molecule has 3 aliphatic rings. The molecule has 1 N–H and O–H groups in total. The van der Waals surface area contributed by atoms with Gasteiger partial charge in [0.2, 0.25) is 0 Å². The Balaban J connectivity index is 1.02. The highest BCUT2D eigenvalue weighted by Gasteiger charge is 2.34. The molecule has 2 aromatic carbocycles. The molecule has 3 aliphatic heterocycles. The molecule has 0 saturated carbocycles. The number of benzene rings is 2. The van der Waals surface area contributed by atoms with E-state index in [2.05, 4.69) is 46.1 Å². The smallest absolute Gasteiger partial charge is 0.335 e. The molecule has 2 unspecified atom stereocenters. The molecule has 0 spiro atoms. The third kappa shape index (κ3) is 6.71. The first-order valence-corrected chi connectivity index (χ1v) is 16.3. The Morgan fingerprint density at radius 1 is 0.932 bits per heavy atom. The topological polar surface area (TPSA) is 95.9 Å². The van der Waals surface area contributed by atoms with Crippen molar-refractivity contribution in [3.05, 3.63) is 94.1 Å². The molecule has 232 valence electrons. The van der Waals surface area contributed by atoms with Crippen LogP contribution in [0.4, 0.5) is 0 Å². The number of likely N-dealkylation sites (tertiary alicyclic amines) is 2. The van der Waals surface area contributed by atoms with Crippen LogP contribution in [0.25, 0.3) is 0 Å². The Kier molecular flexibility index (Phi) is 9.38. The summed E-state index contributed by atoms with van der Waals surface area (Å²) in [6, 6.07) is 16.5.